The van der Waals surface area contributed by atoms with Crippen molar-refractivity contribution in [1.29, 1.82) is 0 Å². The molecule has 1 aromatic carbocycles. The summed E-state index contributed by atoms with van der Waals surface area (Å²) in [7, 11) is 0. The average Bonchev–Trinajstić information content (AvgIpc) is 2.72. The molecule has 0 aliphatic heterocycles. The smallest absolute Gasteiger partial charge is 0.268 e. The minimum absolute atomic E-state index is 0.0370. The van der Waals surface area contributed by atoms with E-state index in [2.05, 4.69) is 76.7 Å². The van der Waals surface area contributed by atoms with Crippen LogP contribution in [-0.4, -0.2) is 22.5 Å². The first kappa shape index (κ1) is 21.6. The van der Waals surface area contributed by atoms with E-state index in [9.17, 15) is 4.79 Å². The molecule has 2 atom stereocenters. The van der Waals surface area contributed by atoms with Crippen molar-refractivity contribution in [3.05, 3.63) is 86.9 Å². The molecule has 1 heterocycles. The quantitative estimate of drug-likeness (QED) is 0.492. The Balaban J connectivity index is 1.85. The average molecular weight is 410 g/mol. The van der Waals surface area contributed by atoms with Gasteiger partial charge in [-0.05, 0) is 62.0 Å². The zero-order valence-electron chi connectivity index (χ0n) is 17.6. The number of aromatic amines is 1. The van der Waals surface area contributed by atoms with Gasteiger partial charge < -0.3 is 0 Å². The maximum Gasteiger partial charge on any atom is 0.268 e. The number of allylic oxidation sites excluding steroid dienone is 4. The zero-order chi connectivity index (χ0) is 20.6. The van der Waals surface area contributed by atoms with Gasteiger partial charge in [-0.25, -0.2) is 5.10 Å². The Morgan fingerprint density at radius 1 is 1.28 bits per heavy atom. The van der Waals surface area contributed by atoms with E-state index in [1.807, 2.05) is 6.92 Å². The molecule has 1 aliphatic carbocycles. The Labute approximate surface area is 178 Å². The molecule has 0 saturated heterocycles. The molecule has 0 saturated carbocycles. The van der Waals surface area contributed by atoms with Gasteiger partial charge in [0.2, 0.25) is 0 Å². The van der Waals surface area contributed by atoms with Gasteiger partial charge in [-0.1, -0.05) is 67.4 Å². The molecule has 5 heteroatoms. The van der Waals surface area contributed by atoms with Gasteiger partial charge in [0, 0.05) is 17.5 Å². The fraction of sp³-hybridized carbons (Fsp3) is 0.417. The Bertz CT molecular complexity index is 932. The number of nitrogens with one attached hydrogen (secondary N) is 2. The molecule has 0 bridgehead atoms. The molecule has 0 radical (unpaired) electrons. The van der Waals surface area contributed by atoms with Crippen molar-refractivity contribution in [1.82, 2.24) is 14.9 Å². The number of benzene rings is 1. The lowest BCUT2D eigenvalue weighted by Gasteiger charge is -2.33. The highest BCUT2D eigenvalue weighted by Crippen LogP contribution is 2.34. The summed E-state index contributed by atoms with van der Waals surface area (Å²) in [4.78, 5) is 12.7. The Hall–Kier alpha value is -2.11. The summed E-state index contributed by atoms with van der Waals surface area (Å²) < 4.78 is 3.54. The van der Waals surface area contributed by atoms with Crippen LogP contribution in [0.15, 0.2) is 53.4 Å². The molecule has 1 aromatic heterocycles. The summed E-state index contributed by atoms with van der Waals surface area (Å²) in [5, 5.41) is 6.90. The van der Waals surface area contributed by atoms with Crippen molar-refractivity contribution in [2.24, 2.45) is 0 Å². The number of rotatable bonds is 8. The van der Waals surface area contributed by atoms with E-state index >= 15 is 0 Å². The van der Waals surface area contributed by atoms with Crippen molar-refractivity contribution in [3.8, 4) is 0 Å². The van der Waals surface area contributed by atoms with Crippen LogP contribution in [-0.2, 0) is 19.3 Å². The predicted octanol–water partition coefficient (Wildman–Crippen LogP) is 4.65. The van der Waals surface area contributed by atoms with Gasteiger partial charge in [0.05, 0.1) is 5.69 Å². The van der Waals surface area contributed by atoms with Crippen LogP contribution in [0.5, 0.6) is 0 Å². The minimum atomic E-state index is -0.0370. The lowest BCUT2D eigenvalue weighted by atomic mass is 9.76. The first-order valence-corrected chi connectivity index (χ1v) is 11.6. The molecule has 0 spiro atoms. The fourth-order valence-corrected chi connectivity index (χ4v) is 4.76. The van der Waals surface area contributed by atoms with Gasteiger partial charge in [0.25, 0.3) is 5.56 Å². The first-order valence-electron chi connectivity index (χ1n) is 10.4. The predicted molar refractivity (Wildman–Crippen MR) is 124 cm³/mol. The summed E-state index contributed by atoms with van der Waals surface area (Å²) in [6.45, 7) is 4.13. The van der Waals surface area contributed by atoms with Crippen LogP contribution in [0.4, 0.5) is 0 Å². The third kappa shape index (κ3) is 5.49. The van der Waals surface area contributed by atoms with Crippen LogP contribution < -0.4 is 10.3 Å². The number of aryl methyl sites for hydroxylation is 1. The molecule has 2 unspecified atom stereocenters. The number of aromatic nitrogens is 2. The summed E-state index contributed by atoms with van der Waals surface area (Å²) in [6.07, 6.45) is 15.4. The van der Waals surface area contributed by atoms with Crippen molar-refractivity contribution >= 4 is 11.9 Å². The molecular formula is C24H31N3OS. The number of hydrogen-bond donors (Lipinski definition) is 2. The molecule has 3 rings (SSSR count). The van der Waals surface area contributed by atoms with Gasteiger partial charge in [-0.2, -0.15) is 5.10 Å². The minimum Gasteiger partial charge on any atom is -0.268 e. The van der Waals surface area contributed by atoms with E-state index in [4.69, 9.17) is 0 Å². The molecule has 4 nitrogen and oxygen atoms in total. The maximum absolute atomic E-state index is 12.7. The van der Waals surface area contributed by atoms with Crippen LogP contribution in [0.25, 0.3) is 0 Å². The summed E-state index contributed by atoms with van der Waals surface area (Å²) in [6, 6.07) is 9.04. The number of nitrogens with zero attached hydrogens (tertiary/aromatic N) is 1. The second kappa shape index (κ2) is 10.6. The molecule has 154 valence electrons. The second-order valence-electron chi connectivity index (χ2n) is 7.60. The van der Waals surface area contributed by atoms with Crippen LogP contribution in [0.1, 0.15) is 53.6 Å². The highest BCUT2D eigenvalue weighted by atomic mass is 32.2. The molecule has 2 aromatic rings. The van der Waals surface area contributed by atoms with E-state index in [0.717, 1.165) is 48.9 Å². The van der Waals surface area contributed by atoms with Crippen molar-refractivity contribution < 1.29 is 0 Å². The van der Waals surface area contributed by atoms with Crippen LogP contribution in [0.2, 0.25) is 0 Å². The van der Waals surface area contributed by atoms with Crippen LogP contribution in [0.3, 0.4) is 0 Å². The Morgan fingerprint density at radius 2 is 2.07 bits per heavy atom. The van der Waals surface area contributed by atoms with E-state index in [1.54, 1.807) is 11.9 Å². The normalized spacial score (nSPS) is 19.1. The summed E-state index contributed by atoms with van der Waals surface area (Å²) in [5.74, 6) is 0.148. The van der Waals surface area contributed by atoms with Crippen molar-refractivity contribution in [2.75, 3.05) is 6.26 Å². The van der Waals surface area contributed by atoms with Gasteiger partial charge in [0.1, 0.15) is 0 Å². The highest BCUT2D eigenvalue weighted by Gasteiger charge is 2.33. The second-order valence-corrected chi connectivity index (χ2v) is 8.24. The third-order valence-electron chi connectivity index (χ3n) is 5.58. The zero-order valence-corrected chi connectivity index (χ0v) is 18.4. The number of H-pyrrole nitrogens is 1. The molecule has 1 aliphatic rings. The van der Waals surface area contributed by atoms with E-state index in [1.165, 1.54) is 11.1 Å². The standard InChI is InChI=1S/C24H31N3OS/c1-4-5-6-7-8-10-18-11-9-12-19(15-18)16-21-22(27-29-3)14-13-20-17(2)25-26-24(28)23(20)21/h5-9,11-12,15,21-22,27H,4,10,13-14,16H2,1-3H3,(H,26,28)/b6-5-,8-7-. The fourth-order valence-electron chi connectivity index (χ4n) is 4.18. The lowest BCUT2D eigenvalue weighted by molar-refractivity contribution is 0.437. The summed E-state index contributed by atoms with van der Waals surface area (Å²) in [5.41, 5.74) is 5.55. The topological polar surface area (TPSA) is 57.8 Å². The maximum atomic E-state index is 12.7. The third-order valence-corrected chi connectivity index (χ3v) is 6.12. The van der Waals surface area contributed by atoms with E-state index < -0.39 is 0 Å². The molecule has 29 heavy (non-hydrogen) atoms. The highest BCUT2D eigenvalue weighted by molar-refractivity contribution is 7.96. The van der Waals surface area contributed by atoms with Gasteiger partial charge in [-0.15, -0.1) is 0 Å². The van der Waals surface area contributed by atoms with Gasteiger partial charge >= 0.3 is 0 Å². The number of fused-ring (bicyclic) bond motifs is 1. The largest absolute Gasteiger partial charge is 0.268 e. The van der Waals surface area contributed by atoms with Crippen LogP contribution in [0, 0.1) is 6.92 Å². The van der Waals surface area contributed by atoms with E-state index in [-0.39, 0.29) is 17.5 Å². The van der Waals surface area contributed by atoms with Gasteiger partial charge in [-0.3, -0.25) is 9.52 Å². The molecular weight excluding hydrogens is 378 g/mol. The van der Waals surface area contributed by atoms with Crippen molar-refractivity contribution in [3.63, 3.8) is 0 Å². The summed E-state index contributed by atoms with van der Waals surface area (Å²) >= 11 is 1.63. The monoisotopic (exact) mass is 409 g/mol. The Morgan fingerprint density at radius 3 is 2.86 bits per heavy atom. The van der Waals surface area contributed by atoms with Crippen molar-refractivity contribution in [2.45, 2.75) is 57.9 Å². The first-order chi connectivity index (χ1) is 14.1. The molecule has 0 amide bonds. The molecule has 0 fully saturated rings. The number of hydrogen-bond acceptors (Lipinski definition) is 4. The van der Waals surface area contributed by atoms with Gasteiger partial charge in [0.15, 0.2) is 0 Å². The van der Waals surface area contributed by atoms with E-state index in [0.29, 0.717) is 0 Å². The molecule has 2 N–H and O–H groups in total. The SMILES string of the molecule is CC/C=C\C=C/Cc1cccc(CC2c3c(c(C)n[nH]c3=O)CCC2NSC)c1. The Kier molecular flexibility index (Phi) is 7.90. The lowest BCUT2D eigenvalue weighted by Crippen LogP contribution is -2.40. The van der Waals surface area contributed by atoms with Crippen LogP contribution >= 0.6 is 11.9 Å².